The molecule has 1 unspecified atom stereocenters. The molecule has 1 aliphatic heterocycles. The van der Waals surface area contributed by atoms with E-state index in [2.05, 4.69) is 59.8 Å². The molecule has 2 rings (SSSR count). The molecule has 1 fully saturated rings. The lowest BCUT2D eigenvalue weighted by atomic mass is 9.77. The van der Waals surface area contributed by atoms with E-state index >= 15 is 0 Å². The molecule has 1 aromatic rings. The molecule has 3 heteroatoms. The van der Waals surface area contributed by atoms with Gasteiger partial charge in [0.15, 0.2) is 0 Å². The summed E-state index contributed by atoms with van der Waals surface area (Å²) in [6, 6.07) is 6.47. The minimum atomic E-state index is 0.424. The lowest BCUT2D eigenvalue weighted by Gasteiger charge is -2.30. The smallest absolute Gasteiger partial charge is 0.0467 e. The van der Waals surface area contributed by atoms with Gasteiger partial charge in [-0.25, -0.2) is 0 Å². The Labute approximate surface area is 136 Å². The fourth-order valence-corrected chi connectivity index (χ4v) is 3.95. The van der Waals surface area contributed by atoms with Gasteiger partial charge in [-0.2, -0.15) is 0 Å². The van der Waals surface area contributed by atoms with Crippen LogP contribution in [0.4, 0.5) is 5.69 Å². The van der Waals surface area contributed by atoms with E-state index in [4.69, 9.17) is 11.6 Å². The van der Waals surface area contributed by atoms with Crippen molar-refractivity contribution < 1.29 is 0 Å². The number of alkyl halides is 1. The Balaban J connectivity index is 2.09. The van der Waals surface area contributed by atoms with Crippen LogP contribution in [0.5, 0.6) is 0 Å². The van der Waals surface area contributed by atoms with E-state index < -0.39 is 0 Å². The largest absolute Gasteiger partial charge is 0.371 e. The van der Waals surface area contributed by atoms with E-state index in [0.717, 1.165) is 34.9 Å². The topological polar surface area (TPSA) is 3.24 Å². The Kier molecular flexibility index (Phi) is 5.42. The maximum Gasteiger partial charge on any atom is 0.0467 e. The first-order valence-corrected chi connectivity index (χ1v) is 9.01. The highest BCUT2D eigenvalue weighted by molar-refractivity contribution is 9.08. The van der Waals surface area contributed by atoms with Gasteiger partial charge in [-0.15, -0.1) is 0 Å². The number of nitrogens with zero attached hydrogens (tertiary/aromatic N) is 1. The Hall–Kier alpha value is -0.210. The summed E-state index contributed by atoms with van der Waals surface area (Å²) in [7, 11) is 0. The fourth-order valence-electron chi connectivity index (χ4n) is 3.06. The van der Waals surface area contributed by atoms with Crippen LogP contribution >= 0.6 is 27.5 Å². The van der Waals surface area contributed by atoms with E-state index in [1.807, 2.05) is 0 Å². The maximum absolute atomic E-state index is 6.33. The molecule has 0 radical (unpaired) electrons. The van der Waals surface area contributed by atoms with Crippen LogP contribution in [0.3, 0.4) is 0 Å². The maximum atomic E-state index is 6.33. The molecular formula is C17H25BrClN. The molecule has 0 N–H and O–H groups in total. The predicted octanol–water partition coefficient (Wildman–Crippen LogP) is 5.89. The first-order valence-electron chi connectivity index (χ1n) is 7.51. The van der Waals surface area contributed by atoms with Crippen molar-refractivity contribution in [2.45, 2.75) is 45.4 Å². The van der Waals surface area contributed by atoms with Gasteiger partial charge in [0.25, 0.3) is 0 Å². The van der Waals surface area contributed by atoms with E-state index in [1.54, 1.807) is 0 Å². The summed E-state index contributed by atoms with van der Waals surface area (Å²) in [5.41, 5.74) is 2.86. The summed E-state index contributed by atoms with van der Waals surface area (Å²) in [5.74, 6) is 0.824. The SMILES string of the molecule is CC(C)(C)C1CCCN(c2ccc(CBr)c(Cl)c2)CC1. The molecule has 0 aromatic heterocycles. The molecule has 20 heavy (non-hydrogen) atoms. The number of anilines is 1. The zero-order valence-corrected chi connectivity index (χ0v) is 15.1. The highest BCUT2D eigenvalue weighted by atomic mass is 79.9. The van der Waals surface area contributed by atoms with Gasteiger partial charge in [0, 0.05) is 29.1 Å². The second kappa shape index (κ2) is 6.70. The van der Waals surface area contributed by atoms with Gasteiger partial charge in [-0.05, 0) is 48.3 Å². The third-order valence-corrected chi connectivity index (χ3v) is 5.45. The van der Waals surface area contributed by atoms with Crippen LogP contribution in [-0.2, 0) is 5.33 Å². The van der Waals surface area contributed by atoms with Crippen LogP contribution in [0.15, 0.2) is 18.2 Å². The molecular weight excluding hydrogens is 334 g/mol. The van der Waals surface area contributed by atoms with Crippen molar-refractivity contribution in [1.29, 1.82) is 0 Å². The lowest BCUT2D eigenvalue weighted by molar-refractivity contribution is 0.220. The van der Waals surface area contributed by atoms with Gasteiger partial charge in [0.2, 0.25) is 0 Å². The molecule has 0 aliphatic carbocycles. The fraction of sp³-hybridized carbons (Fsp3) is 0.647. The monoisotopic (exact) mass is 357 g/mol. The minimum Gasteiger partial charge on any atom is -0.371 e. The van der Waals surface area contributed by atoms with Crippen LogP contribution in [0.25, 0.3) is 0 Å². The first-order chi connectivity index (χ1) is 9.41. The van der Waals surface area contributed by atoms with Crippen LogP contribution in [0, 0.1) is 11.3 Å². The average Bonchev–Trinajstić information content (AvgIpc) is 2.63. The Morgan fingerprint density at radius 1 is 1.25 bits per heavy atom. The van der Waals surface area contributed by atoms with Gasteiger partial charge < -0.3 is 4.90 Å². The molecule has 0 spiro atoms. The Morgan fingerprint density at radius 3 is 2.60 bits per heavy atom. The molecule has 0 amide bonds. The lowest BCUT2D eigenvalue weighted by Crippen LogP contribution is -2.26. The van der Waals surface area contributed by atoms with Crippen LogP contribution in [-0.4, -0.2) is 13.1 Å². The molecule has 1 aromatic carbocycles. The second-order valence-corrected chi connectivity index (χ2v) is 7.86. The van der Waals surface area contributed by atoms with Crippen LogP contribution < -0.4 is 4.90 Å². The summed E-state index contributed by atoms with van der Waals surface area (Å²) >= 11 is 9.81. The zero-order chi connectivity index (χ0) is 14.8. The summed E-state index contributed by atoms with van der Waals surface area (Å²) in [5, 5.41) is 1.69. The van der Waals surface area contributed by atoms with Crippen molar-refractivity contribution >= 4 is 33.2 Å². The van der Waals surface area contributed by atoms with Gasteiger partial charge in [0.05, 0.1) is 0 Å². The molecule has 0 saturated carbocycles. The molecule has 1 heterocycles. The summed E-state index contributed by atoms with van der Waals surface area (Å²) in [4.78, 5) is 2.50. The van der Waals surface area contributed by atoms with Crippen molar-refractivity contribution in [3.63, 3.8) is 0 Å². The third kappa shape index (κ3) is 3.92. The van der Waals surface area contributed by atoms with Crippen molar-refractivity contribution in [1.82, 2.24) is 0 Å². The number of halogens is 2. The van der Waals surface area contributed by atoms with Crippen molar-refractivity contribution in [3.05, 3.63) is 28.8 Å². The summed E-state index contributed by atoms with van der Waals surface area (Å²) < 4.78 is 0. The summed E-state index contributed by atoms with van der Waals surface area (Å²) in [6.07, 6.45) is 3.90. The molecule has 0 bridgehead atoms. The number of rotatable bonds is 2. The van der Waals surface area contributed by atoms with E-state index in [-0.39, 0.29) is 0 Å². The zero-order valence-electron chi connectivity index (χ0n) is 12.8. The quantitative estimate of drug-likeness (QED) is 0.596. The highest BCUT2D eigenvalue weighted by Gasteiger charge is 2.27. The Morgan fingerprint density at radius 2 is 2.00 bits per heavy atom. The van der Waals surface area contributed by atoms with E-state index in [9.17, 15) is 0 Å². The molecule has 112 valence electrons. The van der Waals surface area contributed by atoms with Crippen LogP contribution in [0.1, 0.15) is 45.6 Å². The highest BCUT2D eigenvalue weighted by Crippen LogP contribution is 2.35. The van der Waals surface area contributed by atoms with E-state index in [0.29, 0.717) is 5.41 Å². The Bertz CT molecular complexity index is 453. The summed E-state index contributed by atoms with van der Waals surface area (Å²) in [6.45, 7) is 9.40. The van der Waals surface area contributed by atoms with Crippen molar-refractivity contribution in [3.8, 4) is 0 Å². The van der Waals surface area contributed by atoms with Gasteiger partial charge in [0.1, 0.15) is 0 Å². The van der Waals surface area contributed by atoms with Crippen LogP contribution in [0.2, 0.25) is 5.02 Å². The molecule has 1 atom stereocenters. The number of hydrogen-bond acceptors (Lipinski definition) is 1. The second-order valence-electron chi connectivity index (χ2n) is 6.89. The van der Waals surface area contributed by atoms with Gasteiger partial charge >= 0.3 is 0 Å². The van der Waals surface area contributed by atoms with Gasteiger partial charge in [-0.3, -0.25) is 0 Å². The normalized spacial score (nSPS) is 20.9. The van der Waals surface area contributed by atoms with Gasteiger partial charge in [-0.1, -0.05) is 54.4 Å². The standard InChI is InChI=1S/C17H25BrClN/c1-17(2,3)14-5-4-9-20(10-8-14)15-7-6-13(12-18)16(19)11-15/h6-7,11,14H,4-5,8-10,12H2,1-3H3. The molecule has 1 aliphatic rings. The minimum absolute atomic E-state index is 0.424. The number of benzene rings is 1. The third-order valence-electron chi connectivity index (χ3n) is 4.50. The molecule has 1 saturated heterocycles. The van der Waals surface area contributed by atoms with Crippen molar-refractivity contribution in [2.24, 2.45) is 11.3 Å². The van der Waals surface area contributed by atoms with E-state index in [1.165, 1.54) is 24.9 Å². The first kappa shape index (κ1) is 16.2. The predicted molar refractivity (Wildman–Crippen MR) is 93.1 cm³/mol. The average molecular weight is 359 g/mol. The van der Waals surface area contributed by atoms with Crippen molar-refractivity contribution in [2.75, 3.05) is 18.0 Å². The molecule has 1 nitrogen and oxygen atoms in total. The number of hydrogen-bond donors (Lipinski definition) is 0.